The molecule has 0 bridgehead atoms. The topological polar surface area (TPSA) is 94.8 Å². The molecule has 0 aliphatic rings. The first-order valence-electron chi connectivity index (χ1n) is 4.84. The Morgan fingerprint density at radius 3 is 1.73 bits per heavy atom. The van der Waals surface area contributed by atoms with Gasteiger partial charge in [0.05, 0.1) is 12.0 Å². The minimum Gasteiger partial charge on any atom is -0.481 e. The normalized spacial score (nSPS) is 10.1. The molecular formula is C10H20O5. The van der Waals surface area contributed by atoms with E-state index in [1.165, 1.54) is 13.8 Å². The third-order valence-electron chi connectivity index (χ3n) is 1.72. The number of aliphatic hydroxyl groups is 1. The second-order valence-electron chi connectivity index (χ2n) is 3.84. The lowest BCUT2D eigenvalue weighted by atomic mass is 9.96. The van der Waals surface area contributed by atoms with Gasteiger partial charge in [0, 0.05) is 6.42 Å². The summed E-state index contributed by atoms with van der Waals surface area (Å²) in [4.78, 5) is 19.9. The van der Waals surface area contributed by atoms with Crippen LogP contribution in [-0.2, 0) is 9.59 Å². The Morgan fingerprint density at radius 2 is 1.67 bits per heavy atom. The highest BCUT2D eigenvalue weighted by Gasteiger charge is 2.25. The van der Waals surface area contributed by atoms with Crippen LogP contribution in [0.3, 0.4) is 0 Å². The van der Waals surface area contributed by atoms with Crippen LogP contribution in [0.1, 0.15) is 40.0 Å². The summed E-state index contributed by atoms with van der Waals surface area (Å²) in [6.07, 6.45) is 2.08. The molecule has 0 unspecified atom stereocenters. The van der Waals surface area contributed by atoms with E-state index in [9.17, 15) is 9.59 Å². The van der Waals surface area contributed by atoms with Gasteiger partial charge in [-0.15, -0.1) is 0 Å². The molecule has 0 heterocycles. The largest absolute Gasteiger partial charge is 0.481 e. The van der Waals surface area contributed by atoms with Crippen LogP contribution >= 0.6 is 0 Å². The van der Waals surface area contributed by atoms with Gasteiger partial charge in [-0.25, -0.2) is 0 Å². The molecular weight excluding hydrogens is 200 g/mol. The van der Waals surface area contributed by atoms with Crippen LogP contribution in [-0.4, -0.2) is 33.9 Å². The Labute approximate surface area is 89.7 Å². The number of hydrogen-bond acceptors (Lipinski definition) is 3. The molecule has 0 spiro atoms. The Balaban J connectivity index is 0. The second-order valence-corrected chi connectivity index (χ2v) is 3.84. The number of carboxylic acids is 2. The molecule has 5 heteroatoms. The number of aliphatic hydroxyl groups excluding tert-OH is 1. The summed E-state index contributed by atoms with van der Waals surface area (Å²) in [6, 6.07) is 0. The molecule has 15 heavy (non-hydrogen) atoms. The lowest BCUT2D eigenvalue weighted by Crippen LogP contribution is -2.27. The van der Waals surface area contributed by atoms with E-state index in [0.717, 1.165) is 12.8 Å². The van der Waals surface area contributed by atoms with E-state index >= 15 is 0 Å². The van der Waals surface area contributed by atoms with Crippen LogP contribution in [0.4, 0.5) is 0 Å². The molecule has 0 aromatic carbocycles. The molecule has 0 rings (SSSR count). The summed E-state index contributed by atoms with van der Waals surface area (Å²) in [5, 5.41) is 24.7. The Hall–Kier alpha value is -1.10. The molecule has 0 amide bonds. The fraction of sp³-hybridized carbons (Fsp3) is 0.800. The van der Waals surface area contributed by atoms with E-state index < -0.39 is 17.4 Å². The van der Waals surface area contributed by atoms with Gasteiger partial charge in [-0.2, -0.15) is 0 Å². The van der Waals surface area contributed by atoms with E-state index in [1.807, 2.05) is 6.92 Å². The van der Waals surface area contributed by atoms with Gasteiger partial charge < -0.3 is 15.3 Å². The van der Waals surface area contributed by atoms with E-state index in [-0.39, 0.29) is 6.61 Å². The fourth-order valence-electron chi connectivity index (χ4n) is 0.396. The van der Waals surface area contributed by atoms with Gasteiger partial charge in [0.1, 0.15) is 0 Å². The highest BCUT2D eigenvalue weighted by Crippen LogP contribution is 2.12. The maximum absolute atomic E-state index is 10.1. The van der Waals surface area contributed by atoms with E-state index in [1.54, 1.807) is 0 Å². The monoisotopic (exact) mass is 220 g/mol. The smallest absolute Gasteiger partial charge is 0.311 e. The summed E-state index contributed by atoms with van der Waals surface area (Å²) in [7, 11) is 0. The maximum atomic E-state index is 10.1. The van der Waals surface area contributed by atoms with Crippen molar-refractivity contribution < 1.29 is 24.9 Å². The van der Waals surface area contributed by atoms with Gasteiger partial charge >= 0.3 is 11.9 Å². The zero-order valence-corrected chi connectivity index (χ0v) is 9.49. The summed E-state index contributed by atoms with van der Waals surface area (Å²) < 4.78 is 0. The summed E-state index contributed by atoms with van der Waals surface area (Å²) >= 11 is 0. The molecule has 0 aliphatic carbocycles. The van der Waals surface area contributed by atoms with Gasteiger partial charge in [-0.3, -0.25) is 9.59 Å². The Morgan fingerprint density at radius 1 is 1.20 bits per heavy atom. The highest BCUT2D eigenvalue weighted by atomic mass is 16.4. The van der Waals surface area contributed by atoms with Gasteiger partial charge in [0.2, 0.25) is 0 Å². The molecule has 3 N–H and O–H groups in total. The molecule has 0 aromatic rings. The molecule has 0 atom stereocenters. The van der Waals surface area contributed by atoms with Crippen molar-refractivity contribution in [3.8, 4) is 0 Å². The third kappa shape index (κ3) is 10.8. The van der Waals surface area contributed by atoms with Crippen molar-refractivity contribution in [1.82, 2.24) is 0 Å². The first kappa shape index (κ1) is 16.3. The average molecular weight is 220 g/mol. The van der Waals surface area contributed by atoms with Crippen LogP contribution in [0.5, 0.6) is 0 Å². The van der Waals surface area contributed by atoms with Crippen molar-refractivity contribution in [3.63, 3.8) is 0 Å². The predicted octanol–water partition coefficient (Wildman–Crippen LogP) is 1.35. The number of unbranched alkanes of at least 4 members (excludes halogenated alkanes) is 1. The molecule has 0 saturated carbocycles. The van der Waals surface area contributed by atoms with E-state index in [4.69, 9.17) is 15.3 Å². The van der Waals surface area contributed by atoms with Crippen molar-refractivity contribution in [2.24, 2.45) is 5.41 Å². The zero-order chi connectivity index (χ0) is 12.5. The van der Waals surface area contributed by atoms with E-state index in [0.29, 0.717) is 6.42 Å². The Kier molecular flexibility index (Phi) is 8.96. The molecule has 0 fully saturated rings. The standard InChI is InChI=1S/C5H10O3.C5H10O2/c1-5(2,3-6)4(7)8;1-2-3-4-5(6)7/h6H,3H2,1-2H3,(H,7,8);2-4H2,1H3,(H,6,7). The summed E-state index contributed by atoms with van der Waals surface area (Å²) in [5.41, 5.74) is -0.986. The summed E-state index contributed by atoms with van der Waals surface area (Å²) in [5.74, 6) is -1.66. The Bertz CT molecular complexity index is 198. The van der Waals surface area contributed by atoms with Gasteiger partial charge in [0.15, 0.2) is 0 Å². The lowest BCUT2D eigenvalue weighted by Gasteiger charge is -2.13. The number of hydrogen-bond donors (Lipinski definition) is 3. The number of aliphatic carboxylic acids is 2. The first-order chi connectivity index (χ1) is 6.77. The number of rotatable bonds is 5. The zero-order valence-electron chi connectivity index (χ0n) is 9.49. The highest BCUT2D eigenvalue weighted by molar-refractivity contribution is 5.73. The quantitative estimate of drug-likeness (QED) is 0.650. The number of carbonyl (C=O) groups is 2. The second kappa shape index (κ2) is 8.23. The van der Waals surface area contributed by atoms with Gasteiger partial charge in [0.25, 0.3) is 0 Å². The van der Waals surface area contributed by atoms with Gasteiger partial charge in [-0.05, 0) is 20.3 Å². The minimum atomic E-state index is -0.986. The van der Waals surface area contributed by atoms with Gasteiger partial charge in [-0.1, -0.05) is 13.3 Å². The predicted molar refractivity (Wildman–Crippen MR) is 55.7 cm³/mol. The molecule has 0 saturated heterocycles. The molecule has 90 valence electrons. The lowest BCUT2D eigenvalue weighted by molar-refractivity contribution is -0.149. The van der Waals surface area contributed by atoms with Crippen LogP contribution in [0.25, 0.3) is 0 Å². The molecule has 0 radical (unpaired) electrons. The average Bonchev–Trinajstić information content (AvgIpc) is 2.15. The maximum Gasteiger partial charge on any atom is 0.311 e. The van der Waals surface area contributed by atoms with Crippen molar-refractivity contribution >= 4 is 11.9 Å². The SMILES string of the molecule is CC(C)(CO)C(=O)O.CCCCC(=O)O. The van der Waals surface area contributed by atoms with Crippen LogP contribution in [0, 0.1) is 5.41 Å². The summed E-state index contributed by atoms with van der Waals surface area (Å²) in [6.45, 7) is 4.59. The van der Waals surface area contributed by atoms with Crippen molar-refractivity contribution in [2.75, 3.05) is 6.61 Å². The molecule has 5 nitrogen and oxygen atoms in total. The molecule has 0 aliphatic heterocycles. The van der Waals surface area contributed by atoms with Crippen molar-refractivity contribution in [2.45, 2.75) is 40.0 Å². The van der Waals surface area contributed by atoms with Crippen LogP contribution in [0.15, 0.2) is 0 Å². The van der Waals surface area contributed by atoms with Crippen LogP contribution < -0.4 is 0 Å². The molecule has 0 aromatic heterocycles. The van der Waals surface area contributed by atoms with E-state index in [2.05, 4.69) is 0 Å². The third-order valence-corrected chi connectivity index (χ3v) is 1.72. The minimum absolute atomic E-state index is 0.316. The fourth-order valence-corrected chi connectivity index (χ4v) is 0.396. The van der Waals surface area contributed by atoms with Crippen LogP contribution in [0.2, 0.25) is 0 Å². The van der Waals surface area contributed by atoms with Crippen molar-refractivity contribution in [3.05, 3.63) is 0 Å². The first-order valence-corrected chi connectivity index (χ1v) is 4.84. The van der Waals surface area contributed by atoms with Crippen molar-refractivity contribution in [1.29, 1.82) is 0 Å². The number of carboxylic acid groups (broad SMARTS) is 2.